The monoisotopic (exact) mass is 526 g/mol. The van der Waals surface area contributed by atoms with Crippen LogP contribution in [0.1, 0.15) is 54.1 Å². The van der Waals surface area contributed by atoms with Gasteiger partial charge in [-0.25, -0.2) is 13.2 Å². The number of ether oxygens (including phenoxy) is 2. The van der Waals surface area contributed by atoms with Gasteiger partial charge < -0.3 is 14.4 Å². The van der Waals surface area contributed by atoms with E-state index in [0.29, 0.717) is 18.9 Å². The second-order valence-electron chi connectivity index (χ2n) is 10.4. The van der Waals surface area contributed by atoms with Crippen molar-refractivity contribution in [2.75, 3.05) is 31.6 Å². The van der Waals surface area contributed by atoms with E-state index < -0.39 is 16.0 Å². The number of fused-ring (bicyclic) bond motifs is 1. The van der Waals surface area contributed by atoms with Crippen LogP contribution < -0.4 is 9.04 Å². The van der Waals surface area contributed by atoms with Gasteiger partial charge in [-0.05, 0) is 73.4 Å². The molecule has 37 heavy (non-hydrogen) atoms. The number of nitrogens with zero attached hydrogens (tertiary/aromatic N) is 2. The fourth-order valence-corrected chi connectivity index (χ4v) is 7.35. The molecular weight excluding hydrogens is 492 g/mol. The maximum absolute atomic E-state index is 14.2. The number of hydrogen-bond donors (Lipinski definition) is 0. The van der Waals surface area contributed by atoms with Gasteiger partial charge >= 0.3 is 5.97 Å². The molecule has 2 aliphatic heterocycles. The Bertz CT molecular complexity index is 1320. The molecule has 0 spiro atoms. The number of carbonyl (C=O) groups excluding carboxylic acids is 2. The summed E-state index contributed by atoms with van der Waals surface area (Å²) in [5.74, 6) is -0.0104. The van der Waals surface area contributed by atoms with E-state index >= 15 is 0 Å². The van der Waals surface area contributed by atoms with Crippen molar-refractivity contribution in [1.29, 1.82) is 0 Å². The largest absolute Gasteiger partial charge is 0.492 e. The summed E-state index contributed by atoms with van der Waals surface area (Å²) in [6.07, 6.45) is 4.96. The number of methoxy groups -OCH3 is 1. The number of carbonyl (C=O) groups is 2. The number of benzene rings is 2. The number of anilines is 1. The first-order chi connectivity index (χ1) is 17.7. The van der Waals surface area contributed by atoms with Crippen LogP contribution in [0.4, 0.5) is 5.69 Å². The van der Waals surface area contributed by atoms with E-state index in [4.69, 9.17) is 9.47 Å². The van der Waals surface area contributed by atoms with Crippen LogP contribution in [0, 0.1) is 11.8 Å². The molecule has 1 saturated heterocycles. The van der Waals surface area contributed by atoms with Crippen molar-refractivity contribution in [1.82, 2.24) is 4.90 Å². The molecule has 5 rings (SSSR count). The smallest absolute Gasteiger partial charge is 0.341 e. The zero-order chi connectivity index (χ0) is 26.3. The van der Waals surface area contributed by atoms with Crippen LogP contribution >= 0.6 is 0 Å². The van der Waals surface area contributed by atoms with Gasteiger partial charge in [0.1, 0.15) is 11.3 Å². The lowest BCUT2D eigenvalue weighted by Crippen LogP contribution is -2.45. The van der Waals surface area contributed by atoms with Crippen LogP contribution in [-0.2, 0) is 32.4 Å². The molecule has 2 fully saturated rings. The first-order valence-electron chi connectivity index (χ1n) is 13.0. The van der Waals surface area contributed by atoms with E-state index in [9.17, 15) is 18.0 Å². The van der Waals surface area contributed by atoms with E-state index in [1.807, 2.05) is 12.1 Å². The van der Waals surface area contributed by atoms with Gasteiger partial charge in [0.25, 0.3) is 10.0 Å². The third kappa shape index (κ3) is 4.93. The normalized spacial score (nSPS) is 21.6. The molecule has 0 bridgehead atoms. The Kier molecular flexibility index (Phi) is 6.91. The Balaban J connectivity index is 1.49. The van der Waals surface area contributed by atoms with Crippen LogP contribution in [0.15, 0.2) is 41.3 Å². The summed E-state index contributed by atoms with van der Waals surface area (Å²) in [6, 6.07) is 10.3. The molecule has 1 aliphatic carbocycles. The second-order valence-corrected chi connectivity index (χ2v) is 12.2. The lowest BCUT2D eigenvalue weighted by Gasteiger charge is -2.38. The molecular formula is C28H34N2O6S. The first kappa shape index (κ1) is 25.6. The number of amides is 1. The van der Waals surface area contributed by atoms with Gasteiger partial charge in [0.2, 0.25) is 5.91 Å². The standard InChI is InChI=1S/C28H34N2O6S/c1-4-18-5-10-25-21(13-18)8-11-24(20-6-7-20)30(25)37(33,34)22-9-12-26(23(15-22)28(32)35-3)36-17-19-14-27(31)29(2)16-19/h5,9-10,12-13,15,19-20,24H,4,6-8,11,14,16-17H2,1-3H3. The third-order valence-corrected chi connectivity index (χ3v) is 9.61. The van der Waals surface area contributed by atoms with Gasteiger partial charge in [0.05, 0.1) is 24.3 Å². The van der Waals surface area contributed by atoms with Gasteiger partial charge in [-0.15, -0.1) is 0 Å². The van der Waals surface area contributed by atoms with Crippen LogP contribution in [0.25, 0.3) is 0 Å². The number of likely N-dealkylation sites (tertiary alicyclic amines) is 1. The molecule has 1 saturated carbocycles. The third-order valence-electron chi connectivity index (χ3n) is 7.78. The number of hydrogen-bond acceptors (Lipinski definition) is 6. The molecule has 1 amide bonds. The maximum atomic E-state index is 14.2. The molecule has 8 nitrogen and oxygen atoms in total. The summed E-state index contributed by atoms with van der Waals surface area (Å²) < 4.78 is 40.8. The second kappa shape index (κ2) is 10.0. The van der Waals surface area contributed by atoms with Crippen molar-refractivity contribution in [3.63, 3.8) is 0 Å². The topological polar surface area (TPSA) is 93.2 Å². The summed E-state index contributed by atoms with van der Waals surface area (Å²) in [4.78, 5) is 26.2. The summed E-state index contributed by atoms with van der Waals surface area (Å²) in [6.45, 7) is 2.91. The van der Waals surface area contributed by atoms with Crippen molar-refractivity contribution < 1.29 is 27.5 Å². The fourth-order valence-electron chi connectivity index (χ4n) is 5.54. The minimum absolute atomic E-state index is 0.00331. The van der Waals surface area contributed by atoms with Crippen LogP contribution in [0.3, 0.4) is 0 Å². The molecule has 9 heteroatoms. The maximum Gasteiger partial charge on any atom is 0.341 e. The Morgan fingerprint density at radius 3 is 2.54 bits per heavy atom. The highest BCUT2D eigenvalue weighted by Gasteiger charge is 2.44. The van der Waals surface area contributed by atoms with Gasteiger partial charge in [0, 0.05) is 32.0 Å². The Morgan fingerprint density at radius 2 is 1.89 bits per heavy atom. The summed E-state index contributed by atoms with van der Waals surface area (Å²) in [7, 11) is -0.951. The molecule has 3 aliphatic rings. The Morgan fingerprint density at radius 1 is 1.11 bits per heavy atom. The molecule has 2 atom stereocenters. The molecule has 2 aromatic carbocycles. The highest BCUT2D eigenvalue weighted by atomic mass is 32.2. The van der Waals surface area contributed by atoms with Gasteiger partial charge in [-0.3, -0.25) is 9.10 Å². The zero-order valence-corrected chi connectivity index (χ0v) is 22.4. The fraction of sp³-hybridized carbons (Fsp3) is 0.500. The van der Waals surface area contributed by atoms with E-state index in [1.54, 1.807) is 16.3 Å². The van der Waals surface area contributed by atoms with Crippen molar-refractivity contribution in [2.45, 2.75) is 56.4 Å². The minimum atomic E-state index is -3.96. The Labute approximate surface area is 218 Å². The van der Waals surface area contributed by atoms with Gasteiger partial charge in [0.15, 0.2) is 0 Å². The van der Waals surface area contributed by atoms with Gasteiger partial charge in [-0.2, -0.15) is 0 Å². The number of esters is 1. The van der Waals surface area contributed by atoms with Crippen molar-refractivity contribution >= 4 is 27.6 Å². The SMILES string of the molecule is CCc1ccc2c(c1)CCC(C1CC1)N2S(=O)(=O)c1ccc(OCC2CC(=O)N(C)C2)c(C(=O)OC)c1. The molecule has 0 aromatic heterocycles. The number of aryl methyl sites for hydroxylation is 2. The van der Waals surface area contributed by atoms with Crippen LogP contribution in [0.2, 0.25) is 0 Å². The van der Waals surface area contributed by atoms with E-state index in [2.05, 4.69) is 13.0 Å². The quantitative estimate of drug-likeness (QED) is 0.486. The van der Waals surface area contributed by atoms with Crippen LogP contribution in [-0.4, -0.2) is 58.5 Å². The van der Waals surface area contributed by atoms with Crippen molar-refractivity contribution in [3.05, 3.63) is 53.1 Å². The Hall–Kier alpha value is -3.07. The summed E-state index contributed by atoms with van der Waals surface area (Å²) in [5, 5.41) is 0. The highest BCUT2D eigenvalue weighted by molar-refractivity contribution is 7.92. The predicted molar refractivity (Wildman–Crippen MR) is 139 cm³/mol. The van der Waals surface area contributed by atoms with Crippen molar-refractivity contribution in [3.8, 4) is 5.75 Å². The van der Waals surface area contributed by atoms with Gasteiger partial charge in [-0.1, -0.05) is 19.1 Å². The molecule has 198 valence electrons. The lowest BCUT2D eigenvalue weighted by molar-refractivity contribution is -0.126. The highest BCUT2D eigenvalue weighted by Crippen LogP contribution is 2.45. The minimum Gasteiger partial charge on any atom is -0.492 e. The summed E-state index contributed by atoms with van der Waals surface area (Å²) in [5.41, 5.74) is 3.02. The lowest BCUT2D eigenvalue weighted by atomic mass is 9.93. The zero-order valence-electron chi connectivity index (χ0n) is 21.6. The van der Waals surface area contributed by atoms with Crippen LogP contribution in [0.5, 0.6) is 5.75 Å². The number of sulfonamides is 1. The molecule has 2 unspecified atom stereocenters. The van der Waals surface area contributed by atoms with E-state index in [-0.39, 0.29) is 40.7 Å². The molecule has 0 radical (unpaired) electrons. The first-order valence-corrected chi connectivity index (χ1v) is 14.4. The molecule has 2 heterocycles. The molecule has 0 N–H and O–H groups in total. The van der Waals surface area contributed by atoms with E-state index in [1.165, 1.54) is 30.9 Å². The molecule has 2 aromatic rings. The predicted octanol–water partition coefficient (Wildman–Crippen LogP) is 3.81. The average molecular weight is 527 g/mol. The number of rotatable bonds is 8. The summed E-state index contributed by atoms with van der Waals surface area (Å²) >= 11 is 0. The van der Waals surface area contributed by atoms with E-state index in [0.717, 1.165) is 43.4 Å². The van der Waals surface area contributed by atoms with Crippen molar-refractivity contribution in [2.24, 2.45) is 11.8 Å². The average Bonchev–Trinajstić information content (AvgIpc) is 3.70.